The van der Waals surface area contributed by atoms with Crippen LogP contribution in [0.5, 0.6) is 0 Å². The average molecular weight is 286 g/mol. The van der Waals surface area contributed by atoms with Gasteiger partial charge in [0, 0.05) is 5.56 Å². The Morgan fingerprint density at radius 3 is 2.32 bits per heavy atom. The van der Waals surface area contributed by atoms with Crippen LogP contribution in [0, 0.1) is 0 Å². The molecular weight excluding hydrogens is 272 g/mol. The van der Waals surface area contributed by atoms with Crippen LogP contribution >= 0.6 is 0 Å². The van der Waals surface area contributed by atoms with Crippen molar-refractivity contribution in [3.8, 4) is 11.1 Å². The second-order valence-corrected chi connectivity index (χ2v) is 5.36. The van der Waals surface area contributed by atoms with Crippen LogP contribution < -0.4 is 0 Å². The molecule has 3 aromatic carbocycles. The molecule has 0 aromatic heterocycles. The molecule has 2 heteroatoms. The number of benzene rings is 3. The number of fused-ring (bicyclic) bond motifs is 1. The molecule has 1 heterocycles. The summed E-state index contributed by atoms with van der Waals surface area (Å²) in [6, 6.07) is 26.0. The molecule has 0 fully saturated rings. The van der Waals surface area contributed by atoms with Gasteiger partial charge >= 0.3 is 5.97 Å². The number of carbonyl (C=O) groups is 1. The zero-order valence-corrected chi connectivity index (χ0v) is 11.9. The zero-order chi connectivity index (χ0) is 14.9. The van der Waals surface area contributed by atoms with Gasteiger partial charge in [0.05, 0.1) is 5.56 Å². The molecule has 2 nitrogen and oxygen atoms in total. The fourth-order valence-corrected chi connectivity index (χ4v) is 2.91. The summed E-state index contributed by atoms with van der Waals surface area (Å²) in [6.45, 7) is 0. The van der Waals surface area contributed by atoms with E-state index in [2.05, 4.69) is 24.3 Å². The Labute approximate surface area is 129 Å². The van der Waals surface area contributed by atoms with Gasteiger partial charge in [0.1, 0.15) is 0 Å². The summed E-state index contributed by atoms with van der Waals surface area (Å²) in [5.74, 6) is -0.245. The Morgan fingerprint density at radius 2 is 1.45 bits per heavy atom. The Balaban J connectivity index is 1.78. The van der Waals surface area contributed by atoms with Crippen molar-refractivity contribution in [3.63, 3.8) is 0 Å². The van der Waals surface area contributed by atoms with Crippen LogP contribution in [0.2, 0.25) is 0 Å². The standard InChI is InChI=1S/C20H14O2/c21-20-18-12-5-4-11-17(18)19(22-20)16-10-6-9-15(13-16)14-7-2-1-3-8-14/h1-13,19H. The molecule has 1 atom stereocenters. The molecule has 4 rings (SSSR count). The zero-order valence-electron chi connectivity index (χ0n) is 11.9. The van der Waals surface area contributed by atoms with Crippen molar-refractivity contribution >= 4 is 5.97 Å². The van der Waals surface area contributed by atoms with Gasteiger partial charge in [-0.15, -0.1) is 0 Å². The van der Waals surface area contributed by atoms with Gasteiger partial charge in [0.2, 0.25) is 0 Å². The van der Waals surface area contributed by atoms with Crippen molar-refractivity contribution < 1.29 is 9.53 Å². The predicted molar refractivity (Wildman–Crippen MR) is 85.6 cm³/mol. The predicted octanol–water partition coefficient (Wildman–Crippen LogP) is 4.61. The Kier molecular flexibility index (Phi) is 3.01. The highest BCUT2D eigenvalue weighted by Gasteiger charge is 2.31. The van der Waals surface area contributed by atoms with Crippen molar-refractivity contribution in [2.45, 2.75) is 6.10 Å². The minimum Gasteiger partial charge on any atom is -0.449 e. The lowest BCUT2D eigenvalue weighted by atomic mass is 9.96. The summed E-state index contributed by atoms with van der Waals surface area (Å²) in [4.78, 5) is 12.0. The molecule has 0 bridgehead atoms. The molecule has 0 saturated heterocycles. The fourth-order valence-electron chi connectivity index (χ4n) is 2.91. The highest BCUT2D eigenvalue weighted by atomic mass is 16.5. The number of esters is 1. The second-order valence-electron chi connectivity index (χ2n) is 5.36. The summed E-state index contributed by atoms with van der Waals surface area (Å²) >= 11 is 0. The summed E-state index contributed by atoms with van der Waals surface area (Å²) in [6.07, 6.45) is -0.313. The van der Waals surface area contributed by atoms with Crippen LogP contribution in [0.25, 0.3) is 11.1 Å². The average Bonchev–Trinajstić information content (AvgIpc) is 2.93. The molecular formula is C20H14O2. The Hall–Kier alpha value is -2.87. The monoisotopic (exact) mass is 286 g/mol. The first-order chi connectivity index (χ1) is 10.8. The Bertz CT molecular complexity index is 837. The van der Waals surface area contributed by atoms with Gasteiger partial charge in [-0.1, -0.05) is 66.7 Å². The number of rotatable bonds is 2. The molecule has 0 saturated carbocycles. The number of hydrogen-bond donors (Lipinski definition) is 0. The van der Waals surface area contributed by atoms with Gasteiger partial charge in [-0.05, 0) is 28.8 Å². The van der Waals surface area contributed by atoms with E-state index in [0.29, 0.717) is 5.56 Å². The molecule has 1 aliphatic rings. The number of cyclic esters (lactones) is 1. The van der Waals surface area contributed by atoms with Gasteiger partial charge in [-0.3, -0.25) is 0 Å². The van der Waals surface area contributed by atoms with Crippen LogP contribution in [0.3, 0.4) is 0 Å². The van der Waals surface area contributed by atoms with Crippen LogP contribution in [-0.2, 0) is 4.74 Å². The third kappa shape index (κ3) is 2.09. The lowest BCUT2D eigenvalue weighted by Crippen LogP contribution is -2.00. The molecule has 0 amide bonds. The van der Waals surface area contributed by atoms with Gasteiger partial charge < -0.3 is 4.74 Å². The summed E-state index contributed by atoms with van der Waals surface area (Å²) < 4.78 is 5.57. The van der Waals surface area contributed by atoms with Crippen molar-refractivity contribution in [1.82, 2.24) is 0 Å². The van der Waals surface area contributed by atoms with E-state index in [1.54, 1.807) is 0 Å². The van der Waals surface area contributed by atoms with Crippen molar-refractivity contribution in [1.29, 1.82) is 0 Å². The van der Waals surface area contributed by atoms with Crippen molar-refractivity contribution in [3.05, 3.63) is 95.6 Å². The number of carbonyl (C=O) groups excluding carboxylic acids is 1. The van der Waals surface area contributed by atoms with Gasteiger partial charge in [0.25, 0.3) is 0 Å². The minimum atomic E-state index is -0.313. The van der Waals surface area contributed by atoms with E-state index >= 15 is 0 Å². The third-order valence-corrected chi connectivity index (χ3v) is 3.98. The van der Waals surface area contributed by atoms with E-state index in [-0.39, 0.29) is 12.1 Å². The van der Waals surface area contributed by atoms with Gasteiger partial charge in [0.15, 0.2) is 6.10 Å². The molecule has 106 valence electrons. The molecule has 1 unspecified atom stereocenters. The van der Waals surface area contributed by atoms with E-state index in [1.165, 1.54) is 0 Å². The smallest absolute Gasteiger partial charge is 0.339 e. The third-order valence-electron chi connectivity index (χ3n) is 3.98. The maximum atomic E-state index is 12.0. The lowest BCUT2D eigenvalue weighted by molar-refractivity contribution is 0.0456. The van der Waals surface area contributed by atoms with Crippen molar-refractivity contribution in [2.24, 2.45) is 0 Å². The number of hydrogen-bond acceptors (Lipinski definition) is 2. The van der Waals surface area contributed by atoms with Crippen LogP contribution in [0.4, 0.5) is 0 Å². The molecule has 0 N–H and O–H groups in total. The normalized spacial score (nSPS) is 16.2. The molecule has 1 aliphatic heterocycles. The first kappa shape index (κ1) is 12.8. The van der Waals surface area contributed by atoms with E-state index in [0.717, 1.165) is 22.3 Å². The van der Waals surface area contributed by atoms with Crippen LogP contribution in [-0.4, -0.2) is 5.97 Å². The minimum absolute atomic E-state index is 0.245. The molecule has 0 radical (unpaired) electrons. The highest BCUT2D eigenvalue weighted by molar-refractivity contribution is 5.94. The van der Waals surface area contributed by atoms with E-state index < -0.39 is 0 Å². The molecule has 0 spiro atoms. The van der Waals surface area contributed by atoms with E-state index in [9.17, 15) is 4.79 Å². The molecule has 0 aliphatic carbocycles. The maximum Gasteiger partial charge on any atom is 0.339 e. The first-order valence-corrected chi connectivity index (χ1v) is 7.28. The fraction of sp³-hybridized carbons (Fsp3) is 0.0500. The summed E-state index contributed by atoms with van der Waals surface area (Å²) in [5, 5.41) is 0. The maximum absolute atomic E-state index is 12.0. The highest BCUT2D eigenvalue weighted by Crippen LogP contribution is 2.36. The number of ether oxygens (including phenoxy) is 1. The van der Waals surface area contributed by atoms with Crippen LogP contribution in [0.1, 0.15) is 27.6 Å². The SMILES string of the molecule is O=C1OC(c2cccc(-c3ccccc3)c2)c2ccccc21. The molecule has 3 aromatic rings. The topological polar surface area (TPSA) is 26.3 Å². The van der Waals surface area contributed by atoms with E-state index in [1.807, 2.05) is 54.6 Å². The first-order valence-electron chi connectivity index (χ1n) is 7.28. The largest absolute Gasteiger partial charge is 0.449 e. The molecule has 22 heavy (non-hydrogen) atoms. The van der Waals surface area contributed by atoms with Gasteiger partial charge in [-0.2, -0.15) is 0 Å². The quantitative estimate of drug-likeness (QED) is 0.643. The van der Waals surface area contributed by atoms with Crippen LogP contribution in [0.15, 0.2) is 78.9 Å². The Morgan fingerprint density at radius 1 is 0.727 bits per heavy atom. The summed E-state index contributed by atoms with van der Waals surface area (Å²) in [5.41, 5.74) is 4.88. The van der Waals surface area contributed by atoms with E-state index in [4.69, 9.17) is 4.74 Å². The lowest BCUT2D eigenvalue weighted by Gasteiger charge is -2.12. The second kappa shape index (κ2) is 5.15. The van der Waals surface area contributed by atoms with Crippen molar-refractivity contribution in [2.75, 3.05) is 0 Å². The van der Waals surface area contributed by atoms with Gasteiger partial charge in [-0.25, -0.2) is 4.79 Å². The summed E-state index contributed by atoms with van der Waals surface area (Å²) in [7, 11) is 0.